The van der Waals surface area contributed by atoms with Crippen LogP contribution in [0.3, 0.4) is 0 Å². The Morgan fingerprint density at radius 2 is 2.00 bits per heavy atom. The lowest BCUT2D eigenvalue weighted by Crippen LogP contribution is -2.06. The van der Waals surface area contributed by atoms with Crippen LogP contribution in [0, 0.1) is 5.92 Å². The highest BCUT2D eigenvalue weighted by Gasteiger charge is 2.15. The lowest BCUT2D eigenvalue weighted by Gasteiger charge is -2.00. The van der Waals surface area contributed by atoms with Crippen LogP contribution >= 0.6 is 0 Å². The van der Waals surface area contributed by atoms with Crippen LogP contribution in [0.25, 0.3) is 11.0 Å². The summed E-state index contributed by atoms with van der Waals surface area (Å²) in [6, 6.07) is 7.59. The summed E-state index contributed by atoms with van der Waals surface area (Å²) in [6.45, 7) is 3.79. The number of furan rings is 1. The van der Waals surface area contributed by atoms with Gasteiger partial charge >= 0.3 is 0 Å². The van der Waals surface area contributed by atoms with Gasteiger partial charge in [0.1, 0.15) is 11.8 Å². The van der Waals surface area contributed by atoms with Crippen LogP contribution in [0.5, 0.6) is 0 Å². The van der Waals surface area contributed by atoms with E-state index in [0.717, 1.165) is 11.0 Å². The van der Waals surface area contributed by atoms with E-state index in [2.05, 4.69) is 0 Å². The van der Waals surface area contributed by atoms with Gasteiger partial charge in [-0.05, 0) is 6.07 Å². The van der Waals surface area contributed by atoms with Gasteiger partial charge in [-0.1, -0.05) is 32.0 Å². The molecule has 0 aliphatic carbocycles. The molecule has 0 saturated carbocycles. The first-order valence-corrected chi connectivity index (χ1v) is 4.70. The van der Waals surface area contributed by atoms with Crippen molar-refractivity contribution in [3.63, 3.8) is 0 Å². The molecule has 72 valence electrons. The SMILES string of the molecule is CC(C)C(=O)c1coc2ccccc12. The number of Topliss-reactive ketones (excluding diaryl/α,β-unsaturated/α-hetero) is 1. The van der Waals surface area contributed by atoms with Crippen molar-refractivity contribution in [3.05, 3.63) is 36.1 Å². The van der Waals surface area contributed by atoms with Crippen molar-refractivity contribution in [1.29, 1.82) is 0 Å². The van der Waals surface area contributed by atoms with Gasteiger partial charge in [-0.3, -0.25) is 4.79 Å². The van der Waals surface area contributed by atoms with E-state index in [1.165, 1.54) is 0 Å². The minimum atomic E-state index is 0.0102. The van der Waals surface area contributed by atoms with Gasteiger partial charge in [0, 0.05) is 11.3 Å². The molecule has 0 spiro atoms. The van der Waals surface area contributed by atoms with E-state index in [1.807, 2.05) is 38.1 Å². The zero-order chi connectivity index (χ0) is 10.1. The molecule has 0 amide bonds. The average Bonchev–Trinajstić information content (AvgIpc) is 2.60. The predicted octanol–water partition coefficient (Wildman–Crippen LogP) is 3.27. The second kappa shape index (κ2) is 3.29. The Morgan fingerprint density at radius 1 is 1.29 bits per heavy atom. The maximum atomic E-state index is 11.8. The minimum Gasteiger partial charge on any atom is -0.464 e. The minimum absolute atomic E-state index is 0.0102. The first-order valence-electron chi connectivity index (χ1n) is 4.70. The fourth-order valence-electron chi connectivity index (χ4n) is 1.48. The molecule has 0 N–H and O–H groups in total. The van der Waals surface area contributed by atoms with Crippen LogP contribution in [0.4, 0.5) is 0 Å². The third-order valence-electron chi connectivity index (χ3n) is 2.27. The molecule has 1 heterocycles. The summed E-state index contributed by atoms with van der Waals surface area (Å²) >= 11 is 0. The molecule has 0 bridgehead atoms. The average molecular weight is 188 g/mol. The van der Waals surface area contributed by atoms with Gasteiger partial charge in [0.25, 0.3) is 0 Å². The molecule has 0 radical (unpaired) electrons. The van der Waals surface area contributed by atoms with Gasteiger partial charge in [-0.2, -0.15) is 0 Å². The van der Waals surface area contributed by atoms with E-state index < -0.39 is 0 Å². The highest BCUT2D eigenvalue weighted by molar-refractivity contribution is 6.07. The lowest BCUT2D eigenvalue weighted by molar-refractivity contribution is 0.0940. The Labute approximate surface area is 82.5 Å². The van der Waals surface area contributed by atoms with Crippen molar-refractivity contribution in [2.45, 2.75) is 13.8 Å². The van der Waals surface area contributed by atoms with Gasteiger partial charge in [-0.25, -0.2) is 0 Å². The van der Waals surface area contributed by atoms with Crippen LogP contribution in [-0.4, -0.2) is 5.78 Å². The molecule has 2 aromatic rings. The smallest absolute Gasteiger partial charge is 0.169 e. The maximum absolute atomic E-state index is 11.8. The predicted molar refractivity (Wildman–Crippen MR) is 55.4 cm³/mol. The molecule has 0 aliphatic heterocycles. The number of rotatable bonds is 2. The summed E-state index contributed by atoms with van der Waals surface area (Å²) in [5.74, 6) is 0.144. The van der Waals surface area contributed by atoms with Gasteiger partial charge in [0.05, 0.1) is 5.56 Å². The van der Waals surface area contributed by atoms with Crippen LogP contribution in [0.2, 0.25) is 0 Å². The van der Waals surface area contributed by atoms with Crippen molar-refractivity contribution in [2.75, 3.05) is 0 Å². The molecule has 2 heteroatoms. The number of carbonyl (C=O) groups is 1. The van der Waals surface area contributed by atoms with Gasteiger partial charge in [0.15, 0.2) is 5.78 Å². The van der Waals surface area contributed by atoms with E-state index in [1.54, 1.807) is 6.26 Å². The van der Waals surface area contributed by atoms with Crippen molar-refractivity contribution < 1.29 is 9.21 Å². The van der Waals surface area contributed by atoms with E-state index in [4.69, 9.17) is 4.42 Å². The van der Waals surface area contributed by atoms with Crippen LogP contribution in [-0.2, 0) is 0 Å². The molecule has 2 rings (SSSR count). The number of hydrogen-bond donors (Lipinski definition) is 0. The monoisotopic (exact) mass is 188 g/mol. The molecule has 2 nitrogen and oxygen atoms in total. The number of para-hydroxylation sites is 1. The molecule has 14 heavy (non-hydrogen) atoms. The number of hydrogen-bond acceptors (Lipinski definition) is 2. The van der Waals surface area contributed by atoms with E-state index in [9.17, 15) is 4.79 Å². The van der Waals surface area contributed by atoms with E-state index in [-0.39, 0.29) is 11.7 Å². The molecule has 0 aliphatic rings. The van der Waals surface area contributed by atoms with Crippen LogP contribution in [0.15, 0.2) is 34.9 Å². The molecule has 0 atom stereocenters. The number of benzene rings is 1. The third kappa shape index (κ3) is 1.33. The van der Waals surface area contributed by atoms with Crippen molar-refractivity contribution in [2.24, 2.45) is 5.92 Å². The molecule has 0 saturated heterocycles. The summed E-state index contributed by atoms with van der Waals surface area (Å²) < 4.78 is 5.30. The van der Waals surface area contributed by atoms with Crippen molar-refractivity contribution in [3.8, 4) is 0 Å². The highest BCUT2D eigenvalue weighted by atomic mass is 16.3. The molecule has 1 aromatic heterocycles. The van der Waals surface area contributed by atoms with Crippen LogP contribution in [0.1, 0.15) is 24.2 Å². The summed E-state index contributed by atoms with van der Waals surface area (Å²) in [5, 5.41) is 0.909. The summed E-state index contributed by atoms with van der Waals surface area (Å²) in [6.07, 6.45) is 1.55. The first kappa shape index (κ1) is 9.00. The normalized spacial score (nSPS) is 11.1. The summed E-state index contributed by atoms with van der Waals surface area (Å²) in [5.41, 5.74) is 1.46. The molecule has 1 aromatic carbocycles. The molecule has 0 unspecified atom stereocenters. The summed E-state index contributed by atoms with van der Waals surface area (Å²) in [7, 11) is 0. The Bertz CT molecular complexity index is 466. The lowest BCUT2D eigenvalue weighted by atomic mass is 10.0. The largest absolute Gasteiger partial charge is 0.464 e. The summed E-state index contributed by atoms with van der Waals surface area (Å²) in [4.78, 5) is 11.8. The second-order valence-corrected chi connectivity index (χ2v) is 3.66. The first-order chi connectivity index (χ1) is 6.70. The van der Waals surface area contributed by atoms with Crippen molar-refractivity contribution in [1.82, 2.24) is 0 Å². The molecule has 0 fully saturated rings. The highest BCUT2D eigenvalue weighted by Crippen LogP contribution is 2.22. The number of carbonyl (C=O) groups excluding carboxylic acids is 1. The molecular weight excluding hydrogens is 176 g/mol. The Kier molecular flexibility index (Phi) is 2.12. The Balaban J connectivity index is 2.58. The maximum Gasteiger partial charge on any atom is 0.169 e. The Morgan fingerprint density at radius 3 is 2.71 bits per heavy atom. The van der Waals surface area contributed by atoms with Gasteiger partial charge in [-0.15, -0.1) is 0 Å². The van der Waals surface area contributed by atoms with Crippen LogP contribution < -0.4 is 0 Å². The van der Waals surface area contributed by atoms with Crippen molar-refractivity contribution >= 4 is 16.8 Å². The number of fused-ring (bicyclic) bond motifs is 1. The number of ketones is 1. The van der Waals surface area contributed by atoms with E-state index in [0.29, 0.717) is 5.56 Å². The van der Waals surface area contributed by atoms with Gasteiger partial charge in [0.2, 0.25) is 0 Å². The quantitative estimate of drug-likeness (QED) is 0.677. The van der Waals surface area contributed by atoms with E-state index >= 15 is 0 Å². The second-order valence-electron chi connectivity index (χ2n) is 3.66. The zero-order valence-corrected chi connectivity index (χ0v) is 8.28. The Hall–Kier alpha value is -1.57. The zero-order valence-electron chi connectivity index (χ0n) is 8.28. The fourth-order valence-corrected chi connectivity index (χ4v) is 1.48. The standard InChI is InChI=1S/C12H12O2/c1-8(2)12(13)10-7-14-11-6-4-3-5-9(10)11/h3-8H,1-2H3. The van der Waals surface area contributed by atoms with Gasteiger partial charge < -0.3 is 4.42 Å². The topological polar surface area (TPSA) is 30.2 Å². The fraction of sp³-hybridized carbons (Fsp3) is 0.250. The molecular formula is C12H12O2. The third-order valence-corrected chi connectivity index (χ3v) is 2.27.